The lowest BCUT2D eigenvalue weighted by Crippen LogP contribution is -2.32. The third kappa shape index (κ3) is 3.50. The van der Waals surface area contributed by atoms with E-state index in [1.165, 1.54) is 0 Å². The third-order valence-electron chi connectivity index (χ3n) is 4.37. The standard InChI is InChI=1S/C19H16BrN3O2S/c20-13-4-3-5-14(9-13)23-11-12(8-18(23)24)19(25)21-10-17-22-15-6-1-2-7-16(15)26-17/h1-7,9,12H,8,10-11H2,(H,21,25). The molecule has 0 bridgehead atoms. The second-order valence-corrected chi connectivity index (χ2v) is 8.21. The minimum absolute atomic E-state index is 0.0248. The fraction of sp³-hybridized carbons (Fsp3) is 0.211. The Labute approximate surface area is 163 Å². The van der Waals surface area contributed by atoms with Gasteiger partial charge in [0.15, 0.2) is 0 Å². The molecule has 3 aromatic rings. The van der Waals surface area contributed by atoms with Crippen molar-refractivity contribution in [1.82, 2.24) is 10.3 Å². The van der Waals surface area contributed by atoms with Crippen LogP contribution in [0.4, 0.5) is 5.69 Å². The molecule has 1 fully saturated rings. The van der Waals surface area contributed by atoms with E-state index in [0.29, 0.717) is 13.1 Å². The highest BCUT2D eigenvalue weighted by Gasteiger charge is 2.35. The van der Waals surface area contributed by atoms with Gasteiger partial charge in [0.1, 0.15) is 5.01 Å². The van der Waals surface area contributed by atoms with E-state index >= 15 is 0 Å². The number of carbonyl (C=O) groups excluding carboxylic acids is 2. The third-order valence-corrected chi connectivity index (χ3v) is 5.90. The smallest absolute Gasteiger partial charge is 0.227 e. The first-order chi connectivity index (χ1) is 12.6. The van der Waals surface area contributed by atoms with Crippen molar-refractivity contribution in [3.05, 3.63) is 58.0 Å². The first-order valence-corrected chi connectivity index (χ1v) is 9.89. The maximum atomic E-state index is 12.5. The first-order valence-electron chi connectivity index (χ1n) is 8.28. The Bertz CT molecular complexity index is 955. The van der Waals surface area contributed by atoms with Crippen molar-refractivity contribution in [3.8, 4) is 0 Å². The second kappa shape index (κ2) is 7.17. The second-order valence-electron chi connectivity index (χ2n) is 6.18. The number of carbonyl (C=O) groups is 2. The number of halogens is 1. The maximum absolute atomic E-state index is 12.5. The predicted molar refractivity (Wildman–Crippen MR) is 106 cm³/mol. The number of anilines is 1. The van der Waals surface area contributed by atoms with E-state index in [4.69, 9.17) is 0 Å². The molecule has 0 spiro atoms. The van der Waals surface area contributed by atoms with E-state index in [1.54, 1.807) is 16.2 Å². The van der Waals surface area contributed by atoms with E-state index in [1.807, 2.05) is 48.5 Å². The molecule has 1 atom stereocenters. The number of para-hydroxylation sites is 1. The van der Waals surface area contributed by atoms with Gasteiger partial charge in [0.2, 0.25) is 11.8 Å². The van der Waals surface area contributed by atoms with Gasteiger partial charge in [-0.05, 0) is 30.3 Å². The van der Waals surface area contributed by atoms with Crippen molar-refractivity contribution in [2.75, 3.05) is 11.4 Å². The molecular weight excluding hydrogens is 414 g/mol. The molecule has 0 radical (unpaired) electrons. The van der Waals surface area contributed by atoms with Gasteiger partial charge in [0.25, 0.3) is 0 Å². The van der Waals surface area contributed by atoms with E-state index < -0.39 is 0 Å². The molecule has 1 saturated heterocycles. The lowest BCUT2D eigenvalue weighted by Gasteiger charge is -2.16. The normalized spacial score (nSPS) is 17.0. The van der Waals surface area contributed by atoms with Crippen LogP contribution < -0.4 is 10.2 Å². The maximum Gasteiger partial charge on any atom is 0.227 e. The van der Waals surface area contributed by atoms with Gasteiger partial charge < -0.3 is 10.2 Å². The minimum Gasteiger partial charge on any atom is -0.349 e. The number of rotatable bonds is 4. The number of benzene rings is 2. The van der Waals surface area contributed by atoms with E-state index in [2.05, 4.69) is 26.2 Å². The quantitative estimate of drug-likeness (QED) is 0.686. The van der Waals surface area contributed by atoms with Gasteiger partial charge in [-0.2, -0.15) is 0 Å². The van der Waals surface area contributed by atoms with E-state index in [-0.39, 0.29) is 24.2 Å². The van der Waals surface area contributed by atoms with Gasteiger partial charge >= 0.3 is 0 Å². The molecule has 1 unspecified atom stereocenters. The summed E-state index contributed by atoms with van der Waals surface area (Å²) in [7, 11) is 0. The number of thiazole rings is 1. The van der Waals surface area contributed by atoms with Crippen molar-refractivity contribution >= 4 is 55.0 Å². The largest absolute Gasteiger partial charge is 0.349 e. The van der Waals surface area contributed by atoms with E-state index in [9.17, 15) is 9.59 Å². The first kappa shape index (κ1) is 17.2. The lowest BCUT2D eigenvalue weighted by molar-refractivity contribution is -0.126. The van der Waals surface area contributed by atoms with Crippen LogP contribution in [-0.4, -0.2) is 23.3 Å². The highest BCUT2D eigenvalue weighted by molar-refractivity contribution is 9.10. The predicted octanol–water partition coefficient (Wildman–Crippen LogP) is 3.73. The van der Waals surface area contributed by atoms with Crippen molar-refractivity contribution in [1.29, 1.82) is 0 Å². The Morgan fingerprint density at radius 2 is 2.12 bits per heavy atom. The zero-order valence-corrected chi connectivity index (χ0v) is 16.2. The minimum atomic E-state index is -0.337. The zero-order valence-electron chi connectivity index (χ0n) is 13.8. The summed E-state index contributed by atoms with van der Waals surface area (Å²) in [4.78, 5) is 31.0. The number of hydrogen-bond donors (Lipinski definition) is 1. The number of fused-ring (bicyclic) bond motifs is 1. The summed E-state index contributed by atoms with van der Waals surface area (Å²) < 4.78 is 2.01. The van der Waals surface area contributed by atoms with Crippen LogP contribution in [0.15, 0.2) is 53.0 Å². The van der Waals surface area contributed by atoms with Gasteiger partial charge in [-0.25, -0.2) is 4.98 Å². The summed E-state index contributed by atoms with van der Waals surface area (Å²) >= 11 is 4.99. The molecule has 132 valence electrons. The van der Waals surface area contributed by atoms with Crippen LogP contribution in [0.2, 0.25) is 0 Å². The summed E-state index contributed by atoms with van der Waals surface area (Å²) in [5.74, 6) is -0.464. The molecule has 1 aliphatic heterocycles. The monoisotopic (exact) mass is 429 g/mol. The Balaban J connectivity index is 1.40. The molecule has 2 aromatic carbocycles. The van der Waals surface area contributed by atoms with Crippen molar-refractivity contribution in [2.45, 2.75) is 13.0 Å². The number of amides is 2. The topological polar surface area (TPSA) is 62.3 Å². The molecule has 2 amide bonds. The van der Waals surface area contributed by atoms with Crippen LogP contribution in [0.5, 0.6) is 0 Å². The van der Waals surface area contributed by atoms with Gasteiger partial charge in [-0.1, -0.05) is 34.1 Å². The summed E-state index contributed by atoms with van der Waals surface area (Å²) in [5.41, 5.74) is 1.75. The highest BCUT2D eigenvalue weighted by Crippen LogP contribution is 2.27. The van der Waals surface area contributed by atoms with Crippen molar-refractivity contribution in [2.24, 2.45) is 5.92 Å². The van der Waals surface area contributed by atoms with Gasteiger partial charge in [0.05, 0.1) is 22.7 Å². The summed E-state index contributed by atoms with van der Waals surface area (Å²) in [6, 6.07) is 15.5. The highest BCUT2D eigenvalue weighted by atomic mass is 79.9. The van der Waals surface area contributed by atoms with Crippen molar-refractivity contribution < 1.29 is 9.59 Å². The zero-order chi connectivity index (χ0) is 18.1. The molecule has 1 aromatic heterocycles. The van der Waals surface area contributed by atoms with Gasteiger partial charge in [-0.15, -0.1) is 11.3 Å². The Kier molecular flexibility index (Phi) is 4.74. The molecule has 26 heavy (non-hydrogen) atoms. The lowest BCUT2D eigenvalue weighted by atomic mass is 10.1. The average Bonchev–Trinajstić information content (AvgIpc) is 3.22. The van der Waals surface area contributed by atoms with Crippen molar-refractivity contribution in [3.63, 3.8) is 0 Å². The number of hydrogen-bond acceptors (Lipinski definition) is 4. The van der Waals surface area contributed by atoms with Crippen LogP contribution in [0.25, 0.3) is 10.2 Å². The SMILES string of the molecule is O=C(NCc1nc2ccccc2s1)C1CC(=O)N(c2cccc(Br)c2)C1. The van der Waals surface area contributed by atoms with Crippen LogP contribution in [0.1, 0.15) is 11.4 Å². The van der Waals surface area contributed by atoms with E-state index in [0.717, 1.165) is 25.4 Å². The summed E-state index contributed by atoms with van der Waals surface area (Å²) in [5, 5.41) is 3.79. The number of aromatic nitrogens is 1. The number of nitrogens with one attached hydrogen (secondary N) is 1. The average molecular weight is 430 g/mol. The Morgan fingerprint density at radius 3 is 2.92 bits per heavy atom. The molecule has 0 aliphatic carbocycles. The summed E-state index contributed by atoms with van der Waals surface area (Å²) in [6.07, 6.45) is 0.234. The number of nitrogens with zero attached hydrogens (tertiary/aromatic N) is 2. The molecule has 1 N–H and O–H groups in total. The fourth-order valence-corrected chi connectivity index (χ4v) is 4.37. The Hall–Kier alpha value is -2.25. The molecular formula is C19H16BrN3O2S. The molecule has 0 saturated carbocycles. The Morgan fingerprint density at radius 1 is 1.27 bits per heavy atom. The van der Waals surface area contributed by atoms with Crippen LogP contribution >= 0.6 is 27.3 Å². The molecule has 5 nitrogen and oxygen atoms in total. The van der Waals surface area contributed by atoms with Crippen LogP contribution in [0.3, 0.4) is 0 Å². The van der Waals surface area contributed by atoms with Crippen LogP contribution in [0, 0.1) is 5.92 Å². The molecule has 7 heteroatoms. The van der Waals surface area contributed by atoms with Gasteiger partial charge in [-0.3, -0.25) is 9.59 Å². The molecule has 2 heterocycles. The molecule has 1 aliphatic rings. The fourth-order valence-electron chi connectivity index (χ4n) is 3.08. The van der Waals surface area contributed by atoms with Crippen LogP contribution in [-0.2, 0) is 16.1 Å². The molecule has 4 rings (SSSR count). The van der Waals surface area contributed by atoms with Gasteiger partial charge in [0, 0.05) is 23.1 Å². The summed E-state index contributed by atoms with van der Waals surface area (Å²) in [6.45, 7) is 0.792.